The first-order valence-electron chi connectivity index (χ1n) is 10.6. The second kappa shape index (κ2) is 9.11. The van der Waals surface area contributed by atoms with Crippen LogP contribution in [0.15, 0.2) is 71.2 Å². The number of ether oxygens (including phenoxy) is 1. The molecule has 0 saturated heterocycles. The SMILES string of the molecule is COC(=O)c1ccc(C2C(C#N)=C(N)N(NC(=O)c3ccc(O)cc3)C3=C2C(=O)CCC3)cc1. The van der Waals surface area contributed by atoms with Crippen LogP contribution in [0.1, 0.15) is 51.5 Å². The molecule has 0 saturated carbocycles. The van der Waals surface area contributed by atoms with Gasteiger partial charge in [-0.2, -0.15) is 5.26 Å². The Morgan fingerprint density at radius 1 is 1.12 bits per heavy atom. The highest BCUT2D eigenvalue weighted by atomic mass is 16.5. The lowest BCUT2D eigenvalue weighted by molar-refractivity contribution is -0.116. The third-order valence-electron chi connectivity index (χ3n) is 5.92. The average Bonchev–Trinajstić information content (AvgIpc) is 2.85. The number of methoxy groups -OCH3 is 1. The molecule has 172 valence electrons. The molecule has 0 radical (unpaired) electrons. The molecule has 0 bridgehead atoms. The molecule has 2 aromatic rings. The van der Waals surface area contributed by atoms with Gasteiger partial charge >= 0.3 is 5.97 Å². The van der Waals surface area contributed by atoms with Crippen molar-refractivity contribution in [3.05, 3.63) is 87.9 Å². The summed E-state index contributed by atoms with van der Waals surface area (Å²) in [5, 5.41) is 20.8. The number of phenols is 1. The summed E-state index contributed by atoms with van der Waals surface area (Å²) < 4.78 is 4.73. The number of nitrogens with zero attached hydrogens (tertiary/aromatic N) is 2. The summed E-state index contributed by atoms with van der Waals surface area (Å²) in [6.45, 7) is 0. The fraction of sp³-hybridized carbons (Fsp3) is 0.200. The summed E-state index contributed by atoms with van der Waals surface area (Å²) in [5.74, 6) is -1.82. The van der Waals surface area contributed by atoms with Gasteiger partial charge in [0.1, 0.15) is 11.6 Å². The molecule has 0 spiro atoms. The van der Waals surface area contributed by atoms with Crippen molar-refractivity contribution in [1.82, 2.24) is 10.4 Å². The molecule has 1 aliphatic heterocycles. The molecule has 0 aromatic heterocycles. The van der Waals surface area contributed by atoms with Gasteiger partial charge in [-0.1, -0.05) is 12.1 Å². The van der Waals surface area contributed by atoms with Crippen LogP contribution in [-0.4, -0.2) is 34.9 Å². The Hall–Kier alpha value is -4.58. The van der Waals surface area contributed by atoms with Gasteiger partial charge < -0.3 is 15.6 Å². The minimum atomic E-state index is -0.721. The molecule has 9 heteroatoms. The number of ketones is 1. The zero-order valence-corrected chi connectivity index (χ0v) is 18.4. The van der Waals surface area contributed by atoms with Crippen LogP contribution in [0.5, 0.6) is 5.75 Å². The van der Waals surface area contributed by atoms with E-state index in [1.54, 1.807) is 24.3 Å². The van der Waals surface area contributed by atoms with E-state index in [4.69, 9.17) is 10.5 Å². The van der Waals surface area contributed by atoms with Gasteiger partial charge in [0.05, 0.1) is 30.2 Å². The number of nitrogens with one attached hydrogen (secondary N) is 1. The van der Waals surface area contributed by atoms with Gasteiger partial charge in [0.15, 0.2) is 5.78 Å². The van der Waals surface area contributed by atoms with Crippen molar-refractivity contribution in [3.63, 3.8) is 0 Å². The van der Waals surface area contributed by atoms with Crippen molar-refractivity contribution < 1.29 is 24.2 Å². The molecule has 1 unspecified atom stereocenters. The molecule has 2 aromatic carbocycles. The lowest BCUT2D eigenvalue weighted by Crippen LogP contribution is -2.48. The number of hydrogen-bond donors (Lipinski definition) is 3. The number of amides is 1. The normalized spacial score (nSPS) is 17.7. The average molecular weight is 458 g/mol. The molecule has 1 heterocycles. The first-order valence-corrected chi connectivity index (χ1v) is 10.6. The zero-order chi connectivity index (χ0) is 24.4. The predicted octanol–water partition coefficient (Wildman–Crippen LogP) is 2.62. The summed E-state index contributed by atoms with van der Waals surface area (Å²) >= 11 is 0. The van der Waals surface area contributed by atoms with Crippen LogP contribution in [0.4, 0.5) is 0 Å². The number of hydrogen-bond acceptors (Lipinski definition) is 8. The van der Waals surface area contributed by atoms with Gasteiger partial charge in [-0.25, -0.2) is 9.80 Å². The molecule has 1 atom stereocenters. The number of carbonyl (C=O) groups excluding carboxylic acids is 3. The quantitative estimate of drug-likeness (QED) is 0.593. The van der Waals surface area contributed by atoms with Gasteiger partial charge in [-0.05, 0) is 54.8 Å². The fourth-order valence-electron chi connectivity index (χ4n) is 4.26. The molecule has 2 aliphatic rings. The summed E-state index contributed by atoms with van der Waals surface area (Å²) in [6.07, 6.45) is 1.37. The lowest BCUT2D eigenvalue weighted by atomic mass is 9.76. The van der Waals surface area contributed by atoms with E-state index in [-0.39, 0.29) is 28.5 Å². The number of nitrogens with two attached hydrogens (primary N) is 1. The lowest BCUT2D eigenvalue weighted by Gasteiger charge is -2.39. The maximum absolute atomic E-state index is 13.1. The molecular formula is C25H22N4O5. The zero-order valence-electron chi connectivity index (χ0n) is 18.4. The monoisotopic (exact) mass is 458 g/mol. The van der Waals surface area contributed by atoms with Crippen LogP contribution in [0.3, 0.4) is 0 Å². The predicted molar refractivity (Wildman–Crippen MR) is 121 cm³/mol. The summed E-state index contributed by atoms with van der Waals surface area (Å²) in [5.41, 5.74) is 11.3. The number of phenolic OH excluding ortho intramolecular Hbond substituents is 1. The van der Waals surface area contributed by atoms with Crippen molar-refractivity contribution in [3.8, 4) is 11.8 Å². The second-order valence-corrected chi connectivity index (χ2v) is 7.92. The van der Waals surface area contributed by atoms with Gasteiger partial charge in [0, 0.05) is 23.3 Å². The number of carbonyl (C=O) groups is 3. The number of Topliss-reactive ketones (excluding diaryl/α,β-unsaturated/α-hetero) is 1. The standard InChI is InChI=1S/C25H22N4O5/c1-34-25(33)16-7-5-14(6-8-16)21-18(13-26)23(27)29(19-3-2-4-20(31)22(19)21)28-24(32)15-9-11-17(30)12-10-15/h5-12,21,30H,2-4,27H2,1H3,(H,28,32). The van der Waals surface area contributed by atoms with E-state index in [2.05, 4.69) is 11.5 Å². The molecule has 1 amide bonds. The first-order chi connectivity index (χ1) is 16.3. The van der Waals surface area contributed by atoms with Gasteiger partial charge in [0.2, 0.25) is 0 Å². The number of hydrazine groups is 1. The Morgan fingerprint density at radius 2 is 1.76 bits per heavy atom. The minimum Gasteiger partial charge on any atom is -0.508 e. The van der Waals surface area contributed by atoms with E-state index in [1.165, 1.54) is 36.4 Å². The van der Waals surface area contributed by atoms with Crippen LogP contribution < -0.4 is 11.2 Å². The minimum absolute atomic E-state index is 0.0182. The van der Waals surface area contributed by atoms with Gasteiger partial charge in [0.25, 0.3) is 5.91 Å². The van der Waals surface area contributed by atoms with E-state index < -0.39 is 17.8 Å². The van der Waals surface area contributed by atoms with Crippen molar-refractivity contribution in [2.45, 2.75) is 25.2 Å². The van der Waals surface area contributed by atoms with E-state index in [0.29, 0.717) is 41.7 Å². The highest BCUT2D eigenvalue weighted by Gasteiger charge is 2.40. The Morgan fingerprint density at radius 3 is 2.38 bits per heavy atom. The maximum Gasteiger partial charge on any atom is 0.337 e. The first kappa shape index (κ1) is 22.6. The number of rotatable bonds is 4. The summed E-state index contributed by atoms with van der Waals surface area (Å²) in [6, 6.07) is 14.2. The second-order valence-electron chi connectivity index (χ2n) is 7.92. The van der Waals surface area contributed by atoms with Gasteiger partial charge in [-0.3, -0.25) is 15.0 Å². The highest BCUT2D eigenvalue weighted by Crippen LogP contribution is 2.44. The highest BCUT2D eigenvalue weighted by molar-refractivity contribution is 6.00. The van der Waals surface area contributed by atoms with E-state index >= 15 is 0 Å². The molecule has 4 N–H and O–H groups in total. The van der Waals surface area contributed by atoms with Crippen molar-refractivity contribution >= 4 is 17.7 Å². The van der Waals surface area contributed by atoms with Gasteiger partial charge in [-0.15, -0.1) is 0 Å². The molecule has 1 aliphatic carbocycles. The van der Waals surface area contributed by atoms with E-state index in [1.807, 2.05) is 0 Å². The maximum atomic E-state index is 13.1. The number of allylic oxidation sites excluding steroid dienone is 3. The van der Waals surface area contributed by atoms with Crippen LogP contribution >= 0.6 is 0 Å². The summed E-state index contributed by atoms with van der Waals surface area (Å²) in [4.78, 5) is 37.7. The number of nitriles is 1. The molecule has 0 fully saturated rings. The van der Waals surface area contributed by atoms with Crippen LogP contribution in [0.25, 0.3) is 0 Å². The van der Waals surface area contributed by atoms with Crippen LogP contribution in [0, 0.1) is 11.3 Å². The third kappa shape index (κ3) is 3.97. The van der Waals surface area contributed by atoms with Crippen LogP contribution in [0.2, 0.25) is 0 Å². The summed E-state index contributed by atoms with van der Waals surface area (Å²) in [7, 11) is 1.29. The Balaban J connectivity index is 1.77. The Kier molecular flexibility index (Phi) is 6.06. The van der Waals surface area contributed by atoms with Crippen molar-refractivity contribution in [1.29, 1.82) is 5.26 Å². The molecule has 34 heavy (non-hydrogen) atoms. The molecule has 9 nitrogen and oxygen atoms in total. The molecule has 4 rings (SSSR count). The van der Waals surface area contributed by atoms with E-state index in [0.717, 1.165) is 0 Å². The largest absolute Gasteiger partial charge is 0.508 e. The number of aromatic hydroxyl groups is 1. The molecular weight excluding hydrogens is 436 g/mol. The van der Waals surface area contributed by atoms with Crippen molar-refractivity contribution in [2.75, 3.05) is 7.11 Å². The third-order valence-corrected chi connectivity index (χ3v) is 5.92. The Bertz CT molecular complexity index is 1270. The fourth-order valence-corrected chi connectivity index (χ4v) is 4.26. The van der Waals surface area contributed by atoms with E-state index in [9.17, 15) is 24.8 Å². The number of esters is 1. The topological polar surface area (TPSA) is 146 Å². The Labute approximate surface area is 195 Å². The van der Waals surface area contributed by atoms with Crippen molar-refractivity contribution in [2.24, 2.45) is 5.73 Å². The smallest absolute Gasteiger partial charge is 0.337 e. The van der Waals surface area contributed by atoms with Crippen LogP contribution in [-0.2, 0) is 9.53 Å². The number of benzene rings is 2.